The Labute approximate surface area is 177 Å². The summed E-state index contributed by atoms with van der Waals surface area (Å²) >= 11 is 6.08. The number of carbonyl (C=O) groups excluding carboxylic acids is 1. The van der Waals surface area contributed by atoms with Gasteiger partial charge in [-0.3, -0.25) is 4.79 Å². The molecule has 156 valence electrons. The zero-order valence-electron chi connectivity index (χ0n) is 15.8. The summed E-state index contributed by atoms with van der Waals surface area (Å²) in [5.74, 6) is -0.330. The van der Waals surface area contributed by atoms with Crippen LogP contribution in [-0.2, 0) is 13.0 Å². The lowest BCUT2D eigenvalue weighted by atomic mass is 9.94. The first kappa shape index (κ1) is 21.7. The highest BCUT2D eigenvalue weighted by molar-refractivity contribution is 6.32. The average Bonchev–Trinajstić information content (AvgIpc) is 2.73. The van der Waals surface area contributed by atoms with Crippen LogP contribution in [0.3, 0.4) is 0 Å². The van der Waals surface area contributed by atoms with Crippen LogP contribution in [0.25, 0.3) is 0 Å². The van der Waals surface area contributed by atoms with Crippen LogP contribution in [0.4, 0.5) is 13.2 Å². The summed E-state index contributed by atoms with van der Waals surface area (Å²) in [6, 6.07) is 18.4. The first-order valence-corrected chi connectivity index (χ1v) is 9.53. The molecule has 0 aliphatic heterocycles. The Morgan fingerprint density at radius 1 is 1.00 bits per heavy atom. The van der Waals surface area contributed by atoms with Crippen LogP contribution in [0.2, 0.25) is 5.02 Å². The fourth-order valence-electron chi connectivity index (χ4n) is 3.12. The largest absolute Gasteiger partial charge is 0.487 e. The Bertz CT molecular complexity index is 1030. The zero-order valence-corrected chi connectivity index (χ0v) is 16.6. The van der Waals surface area contributed by atoms with Crippen LogP contribution < -0.4 is 10.5 Å². The molecule has 1 amide bonds. The van der Waals surface area contributed by atoms with Crippen LogP contribution in [0.15, 0.2) is 66.7 Å². The summed E-state index contributed by atoms with van der Waals surface area (Å²) in [6.45, 7) is 0.0657. The molecule has 3 aromatic carbocycles. The predicted octanol–water partition coefficient (Wildman–Crippen LogP) is 5.88. The van der Waals surface area contributed by atoms with Crippen LogP contribution in [0.1, 0.15) is 38.8 Å². The van der Waals surface area contributed by atoms with Crippen molar-refractivity contribution in [3.05, 3.63) is 99.6 Å². The van der Waals surface area contributed by atoms with Gasteiger partial charge in [0.15, 0.2) is 6.17 Å². The van der Waals surface area contributed by atoms with E-state index in [9.17, 15) is 18.0 Å². The molecule has 2 N–H and O–H groups in total. The minimum atomic E-state index is -3.13. The Balaban J connectivity index is 1.85. The Hall–Kier alpha value is -2.99. The molecule has 3 aromatic rings. The molecule has 0 saturated carbocycles. The van der Waals surface area contributed by atoms with E-state index in [0.717, 1.165) is 22.8 Å². The Kier molecular flexibility index (Phi) is 7.00. The molecule has 0 aromatic heterocycles. The van der Waals surface area contributed by atoms with E-state index in [-0.39, 0.29) is 22.9 Å². The lowest BCUT2D eigenvalue weighted by Gasteiger charge is -2.16. The number of carbonyl (C=O) groups is 1. The Morgan fingerprint density at radius 2 is 1.73 bits per heavy atom. The molecule has 1 atom stereocenters. The van der Waals surface area contributed by atoms with Crippen molar-refractivity contribution >= 4 is 17.5 Å². The van der Waals surface area contributed by atoms with Gasteiger partial charge in [0.1, 0.15) is 12.4 Å². The molecule has 7 heteroatoms. The zero-order chi connectivity index (χ0) is 21.7. The third-order valence-corrected chi connectivity index (χ3v) is 4.94. The maximum atomic E-state index is 13.5. The van der Waals surface area contributed by atoms with Gasteiger partial charge in [-0.1, -0.05) is 60.1 Å². The van der Waals surface area contributed by atoms with Gasteiger partial charge in [0, 0.05) is 5.56 Å². The van der Waals surface area contributed by atoms with Crippen molar-refractivity contribution in [3.8, 4) is 5.75 Å². The first-order chi connectivity index (χ1) is 14.4. The number of ether oxygens (including phenoxy) is 1. The van der Waals surface area contributed by atoms with Crippen molar-refractivity contribution < 1.29 is 22.7 Å². The van der Waals surface area contributed by atoms with Gasteiger partial charge in [0.25, 0.3) is 6.43 Å². The SMILES string of the molecule is NC(=O)c1cccc(COc2ccc(C(F)C(F)F)cc2Cl)c1Cc1ccccc1. The van der Waals surface area contributed by atoms with Gasteiger partial charge in [-0.05, 0) is 46.9 Å². The number of primary amides is 1. The number of hydrogen-bond acceptors (Lipinski definition) is 2. The fourth-order valence-corrected chi connectivity index (χ4v) is 3.36. The third-order valence-electron chi connectivity index (χ3n) is 4.64. The van der Waals surface area contributed by atoms with Crippen molar-refractivity contribution in [2.45, 2.75) is 25.6 Å². The quantitative estimate of drug-likeness (QED) is 0.482. The van der Waals surface area contributed by atoms with Gasteiger partial charge in [-0.15, -0.1) is 0 Å². The number of benzene rings is 3. The summed E-state index contributed by atoms with van der Waals surface area (Å²) in [5.41, 5.74) is 8.16. The molecule has 30 heavy (non-hydrogen) atoms. The van der Waals surface area contributed by atoms with Gasteiger partial charge >= 0.3 is 0 Å². The molecule has 0 aliphatic carbocycles. The molecule has 0 saturated heterocycles. The van der Waals surface area contributed by atoms with E-state index >= 15 is 0 Å². The van der Waals surface area contributed by atoms with Crippen LogP contribution in [0, 0.1) is 0 Å². The molecule has 0 bridgehead atoms. The lowest BCUT2D eigenvalue weighted by molar-refractivity contribution is 0.0495. The number of rotatable bonds is 8. The molecule has 3 rings (SSSR count). The number of alkyl halides is 3. The number of hydrogen-bond donors (Lipinski definition) is 1. The summed E-state index contributed by atoms with van der Waals surface area (Å²) in [6.07, 6.45) is -5.07. The van der Waals surface area contributed by atoms with Crippen molar-refractivity contribution in [1.82, 2.24) is 0 Å². The highest BCUT2D eigenvalue weighted by Gasteiger charge is 2.22. The molecule has 1 unspecified atom stereocenters. The second kappa shape index (κ2) is 9.67. The Morgan fingerprint density at radius 3 is 2.37 bits per heavy atom. The van der Waals surface area contributed by atoms with Gasteiger partial charge in [0.05, 0.1) is 5.02 Å². The van der Waals surface area contributed by atoms with Crippen LogP contribution >= 0.6 is 11.6 Å². The average molecular weight is 434 g/mol. The van der Waals surface area contributed by atoms with E-state index in [2.05, 4.69) is 0 Å². The van der Waals surface area contributed by atoms with Crippen LogP contribution in [0.5, 0.6) is 5.75 Å². The van der Waals surface area contributed by atoms with Gasteiger partial charge in [-0.2, -0.15) is 0 Å². The van der Waals surface area contributed by atoms with Crippen molar-refractivity contribution in [3.63, 3.8) is 0 Å². The van der Waals surface area contributed by atoms with Crippen molar-refractivity contribution in [2.24, 2.45) is 5.73 Å². The summed E-state index contributed by atoms with van der Waals surface area (Å²) in [5, 5.41) is 0.0199. The minimum Gasteiger partial charge on any atom is -0.487 e. The molecule has 0 aliphatic rings. The van der Waals surface area contributed by atoms with E-state index in [1.165, 1.54) is 12.1 Å². The number of amides is 1. The fraction of sp³-hybridized carbons (Fsp3) is 0.174. The van der Waals surface area contributed by atoms with Crippen molar-refractivity contribution in [1.29, 1.82) is 0 Å². The van der Waals surface area contributed by atoms with E-state index in [1.54, 1.807) is 18.2 Å². The third kappa shape index (κ3) is 5.13. The first-order valence-electron chi connectivity index (χ1n) is 9.15. The van der Waals surface area contributed by atoms with E-state index in [1.807, 2.05) is 30.3 Å². The maximum Gasteiger partial charge on any atom is 0.273 e. The topological polar surface area (TPSA) is 52.3 Å². The van der Waals surface area contributed by atoms with Crippen LogP contribution in [-0.4, -0.2) is 12.3 Å². The molecule has 0 radical (unpaired) electrons. The second-order valence-corrected chi connectivity index (χ2v) is 7.09. The molecule has 0 spiro atoms. The monoisotopic (exact) mass is 433 g/mol. The maximum absolute atomic E-state index is 13.5. The summed E-state index contributed by atoms with van der Waals surface area (Å²) in [7, 11) is 0. The van der Waals surface area contributed by atoms with Crippen molar-refractivity contribution in [2.75, 3.05) is 0 Å². The molecular formula is C23H19ClF3NO2. The lowest BCUT2D eigenvalue weighted by Crippen LogP contribution is -2.16. The van der Waals surface area contributed by atoms with Gasteiger partial charge in [0.2, 0.25) is 5.91 Å². The molecule has 0 heterocycles. The normalized spacial score (nSPS) is 12.0. The highest BCUT2D eigenvalue weighted by Crippen LogP contribution is 2.32. The highest BCUT2D eigenvalue weighted by atomic mass is 35.5. The second-order valence-electron chi connectivity index (χ2n) is 6.68. The molecule has 3 nitrogen and oxygen atoms in total. The minimum absolute atomic E-state index is 0.0199. The van der Waals surface area contributed by atoms with Gasteiger partial charge in [-0.25, -0.2) is 13.2 Å². The van der Waals surface area contributed by atoms with E-state index < -0.39 is 18.5 Å². The number of nitrogens with two attached hydrogens (primary N) is 1. The number of halogens is 4. The smallest absolute Gasteiger partial charge is 0.273 e. The summed E-state index contributed by atoms with van der Waals surface area (Å²) in [4.78, 5) is 11.9. The molecule has 0 fully saturated rings. The van der Waals surface area contributed by atoms with E-state index in [4.69, 9.17) is 22.1 Å². The summed E-state index contributed by atoms with van der Waals surface area (Å²) < 4.78 is 44.4. The van der Waals surface area contributed by atoms with E-state index in [0.29, 0.717) is 12.0 Å². The standard InChI is InChI=1S/C23H19ClF3NO2/c24-19-12-15(21(25)22(26)27)9-10-20(19)30-13-16-7-4-8-17(23(28)29)18(16)11-14-5-2-1-3-6-14/h1-10,12,21-22H,11,13H2,(H2,28,29). The molecular weight excluding hydrogens is 415 g/mol. The van der Waals surface area contributed by atoms with Gasteiger partial charge < -0.3 is 10.5 Å². The predicted molar refractivity (Wildman–Crippen MR) is 110 cm³/mol.